The van der Waals surface area contributed by atoms with Crippen LogP contribution >= 0.6 is 11.3 Å². The molecule has 0 radical (unpaired) electrons. The Bertz CT molecular complexity index is 699. The van der Waals surface area contributed by atoms with Gasteiger partial charge in [-0.1, -0.05) is 6.07 Å². The fourth-order valence-corrected chi connectivity index (χ4v) is 4.61. The first-order chi connectivity index (χ1) is 12.8. The number of carbonyl (C=O) groups excluding carboxylic acids is 1. The summed E-state index contributed by atoms with van der Waals surface area (Å²) in [6.07, 6.45) is 4.53. The molecular formula is C21H27N3OS. The Hall–Kier alpha value is -2.01. The molecule has 0 atom stereocenters. The Kier molecular flexibility index (Phi) is 5.44. The van der Waals surface area contributed by atoms with Crippen molar-refractivity contribution in [2.24, 2.45) is 0 Å². The molecule has 4 nitrogen and oxygen atoms in total. The summed E-state index contributed by atoms with van der Waals surface area (Å²) in [6.45, 7) is 5.84. The van der Waals surface area contributed by atoms with Gasteiger partial charge in [-0.3, -0.25) is 4.79 Å². The lowest BCUT2D eigenvalue weighted by Crippen LogP contribution is -2.49. The van der Waals surface area contributed by atoms with Crippen LogP contribution in [-0.2, 0) is 11.2 Å². The minimum atomic E-state index is 0.257. The molecule has 0 bridgehead atoms. The summed E-state index contributed by atoms with van der Waals surface area (Å²) >= 11 is 1.66. The van der Waals surface area contributed by atoms with Gasteiger partial charge in [0, 0.05) is 55.5 Å². The number of nitrogens with zero attached hydrogens (tertiary/aromatic N) is 3. The maximum atomic E-state index is 12.4. The highest BCUT2D eigenvalue weighted by Gasteiger charge is 2.21. The number of piperidine rings is 1. The van der Waals surface area contributed by atoms with Gasteiger partial charge in [-0.25, -0.2) is 0 Å². The molecule has 0 aliphatic carbocycles. The van der Waals surface area contributed by atoms with Crippen molar-refractivity contribution in [1.82, 2.24) is 4.90 Å². The highest BCUT2D eigenvalue weighted by molar-refractivity contribution is 7.10. The fourth-order valence-electron chi connectivity index (χ4n) is 3.91. The number of hydrogen-bond donors (Lipinski definition) is 0. The van der Waals surface area contributed by atoms with Crippen molar-refractivity contribution >= 4 is 28.6 Å². The van der Waals surface area contributed by atoms with Crippen LogP contribution in [0.2, 0.25) is 0 Å². The van der Waals surface area contributed by atoms with E-state index < -0.39 is 0 Å². The van der Waals surface area contributed by atoms with Gasteiger partial charge in [0.2, 0.25) is 5.91 Å². The Morgan fingerprint density at radius 2 is 1.42 bits per heavy atom. The van der Waals surface area contributed by atoms with Gasteiger partial charge >= 0.3 is 0 Å². The molecule has 2 saturated heterocycles. The first-order valence-electron chi connectivity index (χ1n) is 9.70. The van der Waals surface area contributed by atoms with E-state index in [4.69, 9.17) is 0 Å². The van der Waals surface area contributed by atoms with Crippen LogP contribution in [0.25, 0.3) is 0 Å². The zero-order valence-corrected chi connectivity index (χ0v) is 16.1. The van der Waals surface area contributed by atoms with Crippen LogP contribution in [0.15, 0.2) is 41.8 Å². The summed E-state index contributed by atoms with van der Waals surface area (Å²) in [5.74, 6) is 0.257. The summed E-state index contributed by atoms with van der Waals surface area (Å²) in [5, 5.41) is 2.04. The van der Waals surface area contributed by atoms with Gasteiger partial charge in [0.1, 0.15) is 0 Å². The van der Waals surface area contributed by atoms with E-state index in [9.17, 15) is 4.79 Å². The maximum Gasteiger partial charge on any atom is 0.227 e. The lowest BCUT2D eigenvalue weighted by Gasteiger charge is -2.36. The molecule has 2 fully saturated rings. The van der Waals surface area contributed by atoms with Crippen LogP contribution in [0.3, 0.4) is 0 Å². The monoisotopic (exact) mass is 369 g/mol. The average Bonchev–Trinajstić information content (AvgIpc) is 3.22. The highest BCUT2D eigenvalue weighted by atomic mass is 32.1. The summed E-state index contributed by atoms with van der Waals surface area (Å²) < 4.78 is 0. The molecular weight excluding hydrogens is 342 g/mol. The van der Waals surface area contributed by atoms with E-state index in [1.165, 1.54) is 43.7 Å². The van der Waals surface area contributed by atoms with Gasteiger partial charge in [-0.15, -0.1) is 11.3 Å². The largest absolute Gasteiger partial charge is 0.372 e. The Labute approximate surface area is 160 Å². The Morgan fingerprint density at radius 3 is 2.00 bits per heavy atom. The standard InChI is InChI=1S/C21H27N3OS/c25-21(17-20-5-4-16-26-20)24-14-12-23(13-15-24)19-8-6-18(7-9-19)22-10-2-1-3-11-22/h4-9,16H,1-3,10-15,17H2. The molecule has 2 aromatic rings. The molecule has 0 unspecified atom stereocenters. The van der Waals surface area contributed by atoms with Crippen molar-refractivity contribution in [3.63, 3.8) is 0 Å². The topological polar surface area (TPSA) is 26.8 Å². The fraction of sp³-hybridized carbons (Fsp3) is 0.476. The first-order valence-corrected chi connectivity index (χ1v) is 10.6. The average molecular weight is 370 g/mol. The third-order valence-electron chi connectivity index (χ3n) is 5.47. The van der Waals surface area contributed by atoms with Gasteiger partial charge in [-0.2, -0.15) is 0 Å². The highest BCUT2D eigenvalue weighted by Crippen LogP contribution is 2.24. The van der Waals surface area contributed by atoms with Crippen LogP contribution in [0.4, 0.5) is 11.4 Å². The SMILES string of the molecule is O=C(Cc1cccs1)N1CCN(c2ccc(N3CCCCC3)cc2)CC1. The lowest BCUT2D eigenvalue weighted by molar-refractivity contribution is -0.130. The third-order valence-corrected chi connectivity index (χ3v) is 6.35. The van der Waals surface area contributed by atoms with E-state index >= 15 is 0 Å². The zero-order chi connectivity index (χ0) is 17.8. The second-order valence-corrected chi connectivity index (χ2v) is 8.22. The Balaban J connectivity index is 1.30. The minimum absolute atomic E-state index is 0.257. The van der Waals surface area contributed by atoms with E-state index in [0.29, 0.717) is 6.42 Å². The van der Waals surface area contributed by atoms with Crippen LogP contribution in [-0.4, -0.2) is 50.1 Å². The molecule has 5 heteroatoms. The summed E-state index contributed by atoms with van der Waals surface area (Å²) in [6, 6.07) is 13.1. The Morgan fingerprint density at radius 1 is 0.808 bits per heavy atom. The molecule has 1 aromatic carbocycles. The van der Waals surface area contributed by atoms with E-state index in [-0.39, 0.29) is 5.91 Å². The van der Waals surface area contributed by atoms with Gasteiger partial charge < -0.3 is 14.7 Å². The van der Waals surface area contributed by atoms with Gasteiger partial charge in [0.05, 0.1) is 6.42 Å². The molecule has 138 valence electrons. The summed E-state index contributed by atoms with van der Waals surface area (Å²) in [7, 11) is 0. The molecule has 0 saturated carbocycles. The van der Waals surface area contributed by atoms with Gasteiger partial charge in [0.25, 0.3) is 0 Å². The second kappa shape index (κ2) is 8.12. The van der Waals surface area contributed by atoms with Crippen molar-refractivity contribution in [2.75, 3.05) is 49.1 Å². The number of amides is 1. The quantitative estimate of drug-likeness (QED) is 0.823. The van der Waals surface area contributed by atoms with Crippen molar-refractivity contribution < 1.29 is 4.79 Å². The molecule has 1 aromatic heterocycles. The normalized spacial score (nSPS) is 18.2. The third kappa shape index (κ3) is 4.04. The van der Waals surface area contributed by atoms with E-state index in [0.717, 1.165) is 31.1 Å². The molecule has 2 aliphatic heterocycles. The molecule has 26 heavy (non-hydrogen) atoms. The number of anilines is 2. The van der Waals surface area contributed by atoms with Gasteiger partial charge in [0.15, 0.2) is 0 Å². The maximum absolute atomic E-state index is 12.4. The number of piperazine rings is 1. The number of carbonyl (C=O) groups is 1. The minimum Gasteiger partial charge on any atom is -0.372 e. The summed E-state index contributed by atoms with van der Waals surface area (Å²) in [5.41, 5.74) is 2.62. The number of benzene rings is 1. The van der Waals surface area contributed by atoms with Crippen LogP contribution in [0, 0.1) is 0 Å². The van der Waals surface area contributed by atoms with Crippen molar-refractivity contribution in [3.05, 3.63) is 46.7 Å². The van der Waals surface area contributed by atoms with E-state index in [2.05, 4.69) is 34.1 Å². The van der Waals surface area contributed by atoms with Crippen LogP contribution < -0.4 is 9.80 Å². The molecule has 3 heterocycles. The van der Waals surface area contributed by atoms with E-state index in [1.54, 1.807) is 11.3 Å². The zero-order valence-electron chi connectivity index (χ0n) is 15.3. The van der Waals surface area contributed by atoms with E-state index in [1.807, 2.05) is 22.4 Å². The second-order valence-electron chi connectivity index (χ2n) is 7.19. The van der Waals surface area contributed by atoms with Crippen molar-refractivity contribution in [3.8, 4) is 0 Å². The predicted molar refractivity (Wildman–Crippen MR) is 109 cm³/mol. The first kappa shape index (κ1) is 17.4. The summed E-state index contributed by atoms with van der Waals surface area (Å²) in [4.78, 5) is 20.5. The smallest absolute Gasteiger partial charge is 0.227 e. The van der Waals surface area contributed by atoms with Crippen molar-refractivity contribution in [2.45, 2.75) is 25.7 Å². The predicted octanol–water partition coefficient (Wildman–Crippen LogP) is 3.63. The van der Waals surface area contributed by atoms with Crippen LogP contribution in [0.1, 0.15) is 24.1 Å². The molecule has 0 spiro atoms. The molecule has 2 aliphatic rings. The number of rotatable bonds is 4. The lowest BCUT2D eigenvalue weighted by atomic mass is 10.1. The molecule has 4 rings (SSSR count). The molecule has 0 N–H and O–H groups in total. The van der Waals surface area contributed by atoms with Gasteiger partial charge in [-0.05, 0) is 55.0 Å². The molecule has 1 amide bonds. The number of hydrogen-bond acceptors (Lipinski definition) is 4. The van der Waals surface area contributed by atoms with Crippen LogP contribution in [0.5, 0.6) is 0 Å². The van der Waals surface area contributed by atoms with Crippen molar-refractivity contribution in [1.29, 1.82) is 0 Å². The number of thiophene rings is 1.